The molecule has 0 aromatic carbocycles. The predicted octanol–water partition coefficient (Wildman–Crippen LogP) is -0.302. The van der Waals surface area contributed by atoms with Gasteiger partial charge in [0.2, 0.25) is 10.0 Å². The fourth-order valence-corrected chi connectivity index (χ4v) is 3.76. The van der Waals surface area contributed by atoms with E-state index in [1.165, 1.54) is 6.26 Å². The minimum absolute atomic E-state index is 0.0847. The second kappa shape index (κ2) is 5.03. The van der Waals surface area contributed by atoms with E-state index in [2.05, 4.69) is 15.3 Å². The van der Waals surface area contributed by atoms with Crippen LogP contribution in [0.4, 0.5) is 0 Å². The average Bonchev–Trinajstić information content (AvgIpc) is 2.03. The second-order valence-electron chi connectivity index (χ2n) is 4.51. The molecule has 5 nitrogen and oxygen atoms in total. The van der Waals surface area contributed by atoms with Gasteiger partial charge in [-0.15, -0.1) is 0 Å². The maximum atomic E-state index is 11.6. The minimum Gasteiger partial charge on any atom is -0.253 e. The third-order valence-corrected chi connectivity index (χ3v) is 4.06. The van der Waals surface area contributed by atoms with Gasteiger partial charge in [-0.05, 0) is 18.7 Å². The van der Waals surface area contributed by atoms with Gasteiger partial charge < -0.3 is 0 Å². The van der Waals surface area contributed by atoms with Crippen molar-refractivity contribution < 1.29 is 12.6 Å². The van der Waals surface area contributed by atoms with Crippen molar-refractivity contribution in [3.63, 3.8) is 0 Å². The van der Waals surface area contributed by atoms with Crippen molar-refractivity contribution in [1.82, 2.24) is 9.44 Å². The molecule has 3 atom stereocenters. The van der Waals surface area contributed by atoms with Crippen molar-refractivity contribution in [3.05, 3.63) is 0 Å². The molecule has 2 N–H and O–H groups in total. The fourth-order valence-electron chi connectivity index (χ4n) is 2.01. The van der Waals surface area contributed by atoms with Crippen LogP contribution in [0.2, 0.25) is 0 Å². The molecular formula is C9H20N2O3S2. The van der Waals surface area contributed by atoms with Crippen molar-refractivity contribution in [2.24, 2.45) is 0 Å². The van der Waals surface area contributed by atoms with Crippen LogP contribution in [-0.4, -0.2) is 43.1 Å². The van der Waals surface area contributed by atoms with Crippen molar-refractivity contribution in [2.75, 3.05) is 12.5 Å². The number of rotatable bonds is 4. The Morgan fingerprint density at radius 2 is 1.44 bits per heavy atom. The SMILES string of the molecule is C=S(C)(=O)NC1CCCCC1NS(C)(=O)=O. The van der Waals surface area contributed by atoms with E-state index in [1.807, 2.05) is 0 Å². The smallest absolute Gasteiger partial charge is 0.209 e. The molecule has 7 heteroatoms. The van der Waals surface area contributed by atoms with Crippen LogP contribution in [0.25, 0.3) is 0 Å². The minimum atomic E-state index is -3.22. The van der Waals surface area contributed by atoms with Crippen LogP contribution in [0.15, 0.2) is 0 Å². The molecule has 0 amide bonds. The molecule has 96 valence electrons. The van der Waals surface area contributed by atoms with Gasteiger partial charge in [0.05, 0.1) is 6.26 Å². The summed E-state index contributed by atoms with van der Waals surface area (Å²) in [4.78, 5) is 0. The summed E-state index contributed by atoms with van der Waals surface area (Å²) in [6.45, 7) is 0. The summed E-state index contributed by atoms with van der Waals surface area (Å²) in [6, 6.07) is -0.259. The van der Waals surface area contributed by atoms with Crippen molar-refractivity contribution in [2.45, 2.75) is 37.8 Å². The maximum Gasteiger partial charge on any atom is 0.209 e. The van der Waals surface area contributed by atoms with Crippen LogP contribution in [0, 0.1) is 0 Å². The van der Waals surface area contributed by atoms with Gasteiger partial charge in [-0.2, -0.15) is 0 Å². The highest BCUT2D eigenvalue weighted by molar-refractivity contribution is 7.97. The Morgan fingerprint density at radius 1 is 1.00 bits per heavy atom. The van der Waals surface area contributed by atoms with Crippen molar-refractivity contribution in [1.29, 1.82) is 0 Å². The van der Waals surface area contributed by atoms with Gasteiger partial charge in [0, 0.05) is 28.0 Å². The van der Waals surface area contributed by atoms with E-state index in [0.717, 1.165) is 31.9 Å². The lowest BCUT2D eigenvalue weighted by molar-refractivity contribution is 0.344. The van der Waals surface area contributed by atoms with Crippen LogP contribution in [0.1, 0.15) is 25.7 Å². The van der Waals surface area contributed by atoms with Crippen LogP contribution in [-0.2, 0) is 19.7 Å². The molecule has 1 saturated carbocycles. The lowest BCUT2D eigenvalue weighted by Gasteiger charge is -2.32. The predicted molar refractivity (Wildman–Crippen MR) is 68.3 cm³/mol. The summed E-state index contributed by atoms with van der Waals surface area (Å²) in [5.74, 6) is 3.53. The molecule has 0 saturated heterocycles. The summed E-state index contributed by atoms with van der Waals surface area (Å²) in [5.41, 5.74) is 0. The molecule has 0 spiro atoms. The first kappa shape index (κ1) is 14.0. The first-order chi connectivity index (χ1) is 7.17. The van der Waals surface area contributed by atoms with Crippen LogP contribution in [0.3, 0.4) is 0 Å². The third-order valence-electron chi connectivity index (χ3n) is 2.53. The lowest BCUT2D eigenvalue weighted by atomic mass is 9.92. The highest BCUT2D eigenvalue weighted by atomic mass is 32.2. The Balaban J connectivity index is 2.72. The highest BCUT2D eigenvalue weighted by Gasteiger charge is 2.28. The van der Waals surface area contributed by atoms with Gasteiger partial charge in [-0.1, -0.05) is 12.8 Å². The molecule has 0 aromatic heterocycles. The standard InChI is InChI=1S/C9H20N2O3S2/c1-15(2,12)10-8-6-4-5-7-9(8)11-16(3,13)14/h8-9,11H,1,4-7H2,2-3H3,(H,10,12). The number of nitrogens with one attached hydrogen (secondary N) is 2. The Hall–Kier alpha value is -0.110. The van der Waals surface area contributed by atoms with Gasteiger partial charge >= 0.3 is 0 Å². The van der Waals surface area contributed by atoms with Gasteiger partial charge in [0.15, 0.2) is 0 Å². The van der Waals surface area contributed by atoms with E-state index in [9.17, 15) is 12.6 Å². The topological polar surface area (TPSA) is 75.3 Å². The largest absolute Gasteiger partial charge is 0.253 e. The Labute approximate surface area is 98.2 Å². The van der Waals surface area contributed by atoms with Crippen molar-refractivity contribution in [3.8, 4) is 0 Å². The highest BCUT2D eigenvalue weighted by Crippen LogP contribution is 2.19. The first-order valence-corrected chi connectivity index (χ1v) is 9.27. The zero-order chi connectivity index (χ0) is 12.4. The van der Waals surface area contributed by atoms with E-state index in [-0.39, 0.29) is 12.1 Å². The molecular weight excluding hydrogens is 248 g/mol. The van der Waals surface area contributed by atoms with E-state index in [4.69, 9.17) is 0 Å². The van der Waals surface area contributed by atoms with Gasteiger partial charge in [-0.3, -0.25) is 4.21 Å². The molecule has 0 radical (unpaired) electrons. The van der Waals surface area contributed by atoms with Gasteiger partial charge in [-0.25, -0.2) is 17.9 Å². The molecule has 16 heavy (non-hydrogen) atoms. The summed E-state index contributed by atoms with van der Waals surface area (Å²) in [5, 5.41) is 0. The molecule has 1 rings (SSSR count). The normalized spacial score (nSPS) is 30.9. The lowest BCUT2D eigenvalue weighted by Crippen LogP contribution is -2.52. The van der Waals surface area contributed by atoms with Crippen LogP contribution in [0.5, 0.6) is 0 Å². The van der Waals surface area contributed by atoms with Crippen LogP contribution < -0.4 is 9.44 Å². The molecule has 0 heterocycles. The summed E-state index contributed by atoms with van der Waals surface area (Å²) < 4.78 is 39.4. The first-order valence-electron chi connectivity index (χ1n) is 5.24. The van der Waals surface area contributed by atoms with Gasteiger partial charge in [0.25, 0.3) is 0 Å². The molecule has 0 aliphatic heterocycles. The van der Waals surface area contributed by atoms with E-state index in [1.54, 1.807) is 0 Å². The monoisotopic (exact) mass is 268 g/mol. The van der Waals surface area contributed by atoms with Crippen LogP contribution >= 0.6 is 0 Å². The molecule has 3 unspecified atom stereocenters. The Morgan fingerprint density at radius 3 is 1.81 bits per heavy atom. The second-order valence-corrected chi connectivity index (χ2v) is 8.54. The molecule has 1 aliphatic rings. The number of hydrogen-bond acceptors (Lipinski definition) is 3. The summed E-state index contributed by atoms with van der Waals surface area (Å²) in [7, 11) is -5.51. The summed E-state index contributed by atoms with van der Waals surface area (Å²) >= 11 is 0. The molecule has 1 fully saturated rings. The number of sulfonamides is 1. The zero-order valence-electron chi connectivity index (χ0n) is 9.73. The average molecular weight is 268 g/mol. The van der Waals surface area contributed by atoms with E-state index >= 15 is 0 Å². The fraction of sp³-hybridized carbons (Fsp3) is 0.889. The molecule has 0 aromatic rings. The molecule has 1 aliphatic carbocycles. The zero-order valence-corrected chi connectivity index (χ0v) is 11.4. The van der Waals surface area contributed by atoms with E-state index < -0.39 is 19.7 Å². The number of hydrogen-bond donors (Lipinski definition) is 2. The summed E-state index contributed by atoms with van der Waals surface area (Å²) in [6.07, 6.45) is 6.29. The van der Waals surface area contributed by atoms with E-state index in [0.29, 0.717) is 0 Å². The maximum absolute atomic E-state index is 11.6. The third kappa shape index (κ3) is 5.29. The molecule has 0 bridgehead atoms. The quantitative estimate of drug-likeness (QED) is 0.687. The van der Waals surface area contributed by atoms with Crippen molar-refractivity contribution >= 4 is 25.6 Å². The Kier molecular flexibility index (Phi) is 4.39. The Bertz CT molecular complexity index is 386. The van der Waals surface area contributed by atoms with Gasteiger partial charge in [0.1, 0.15) is 0 Å².